The maximum atomic E-state index is 13.7. The van der Waals surface area contributed by atoms with Crippen LogP contribution in [0.1, 0.15) is 5.56 Å². The van der Waals surface area contributed by atoms with Gasteiger partial charge in [0.25, 0.3) is 0 Å². The summed E-state index contributed by atoms with van der Waals surface area (Å²) >= 11 is 14.8. The molecule has 0 radical (unpaired) electrons. The van der Waals surface area contributed by atoms with E-state index in [0.717, 1.165) is 12.1 Å². The van der Waals surface area contributed by atoms with Crippen molar-refractivity contribution in [1.82, 2.24) is 4.76 Å². The van der Waals surface area contributed by atoms with Gasteiger partial charge in [0.1, 0.15) is 18.2 Å². The largest absolute Gasteiger partial charge is 0.592 e. The summed E-state index contributed by atoms with van der Waals surface area (Å²) in [5.74, 6) is -2.56. The topological polar surface area (TPSA) is 61.7 Å². The monoisotopic (exact) mass is 476 g/mol. The van der Waals surface area contributed by atoms with Gasteiger partial charge in [-0.2, -0.15) is 0 Å². The minimum absolute atomic E-state index is 0.0595. The molecular weight excluding hydrogens is 469 g/mol. The van der Waals surface area contributed by atoms with Crippen molar-refractivity contribution in [3.8, 4) is 0 Å². The molecular formula is C17H9BrCl2F2N2O3. The molecule has 140 valence electrons. The van der Waals surface area contributed by atoms with Crippen LogP contribution in [0.5, 0.6) is 0 Å². The van der Waals surface area contributed by atoms with Gasteiger partial charge in [-0.3, -0.25) is 0 Å². The molecule has 0 saturated heterocycles. The lowest BCUT2D eigenvalue weighted by molar-refractivity contribution is -0.123. The van der Waals surface area contributed by atoms with Crippen molar-refractivity contribution in [2.75, 3.05) is 0 Å². The summed E-state index contributed by atoms with van der Waals surface area (Å²) in [6, 6.07) is 6.96. The van der Waals surface area contributed by atoms with Crippen molar-refractivity contribution in [2.45, 2.75) is 6.61 Å². The minimum atomic E-state index is -1.71. The van der Waals surface area contributed by atoms with E-state index in [4.69, 9.17) is 27.9 Å². The van der Waals surface area contributed by atoms with Crippen molar-refractivity contribution in [1.29, 1.82) is 0 Å². The molecule has 0 fully saturated rings. The van der Waals surface area contributed by atoms with Gasteiger partial charge >= 0.3 is 5.91 Å². The third kappa shape index (κ3) is 4.20. The van der Waals surface area contributed by atoms with Crippen molar-refractivity contribution >= 4 is 55.3 Å². The number of carbonyl (C=O) groups is 1. The Hall–Kier alpha value is -1.84. The normalized spacial score (nSPS) is 19.6. The summed E-state index contributed by atoms with van der Waals surface area (Å²) < 4.78 is 30.2. The summed E-state index contributed by atoms with van der Waals surface area (Å²) in [4.78, 5) is 12.4. The first-order chi connectivity index (χ1) is 12.7. The standard InChI is InChI=1S/C17H9BrCl2F2N2O3/c18-17-15(27-8-9-1-2-12(21)6-14(9)22)7-16(25)24(26,23-17)13-4-10(19)3-11(20)5-13/h1-7H,8H2. The van der Waals surface area contributed by atoms with Crippen LogP contribution in [-0.4, -0.2) is 10.5 Å². The lowest BCUT2D eigenvalue weighted by atomic mass is 10.2. The summed E-state index contributed by atoms with van der Waals surface area (Å²) in [7, 11) is 0. The number of carbonyl (C=O) groups excluding carboxylic acids is 1. The number of halogens is 5. The Kier molecular flexibility index (Phi) is 5.64. The predicted octanol–water partition coefficient (Wildman–Crippen LogP) is 5.43. The number of nitrogens with zero attached hydrogens (tertiary/aromatic N) is 2. The van der Waals surface area contributed by atoms with Gasteiger partial charge in [-0.1, -0.05) is 28.3 Å². The van der Waals surface area contributed by atoms with Gasteiger partial charge in [0.2, 0.25) is 4.62 Å². The zero-order chi connectivity index (χ0) is 19.8. The Labute approximate surface area is 170 Å². The zero-order valence-electron chi connectivity index (χ0n) is 13.3. The van der Waals surface area contributed by atoms with Crippen LogP contribution in [-0.2, 0) is 16.1 Å². The van der Waals surface area contributed by atoms with E-state index in [1.165, 1.54) is 24.3 Å². The number of amides is 1. The molecule has 0 spiro atoms. The average molecular weight is 478 g/mol. The van der Waals surface area contributed by atoms with E-state index in [0.29, 0.717) is 6.07 Å². The Morgan fingerprint density at radius 2 is 1.81 bits per heavy atom. The average Bonchev–Trinajstić information content (AvgIpc) is 2.57. The van der Waals surface area contributed by atoms with Crippen LogP contribution in [0, 0.1) is 16.8 Å². The van der Waals surface area contributed by atoms with Crippen LogP contribution in [0.3, 0.4) is 0 Å². The molecule has 1 aliphatic heterocycles. The van der Waals surface area contributed by atoms with E-state index in [1.807, 2.05) is 0 Å². The highest BCUT2D eigenvalue weighted by Gasteiger charge is 2.36. The molecule has 27 heavy (non-hydrogen) atoms. The number of benzene rings is 2. The fourth-order valence-electron chi connectivity index (χ4n) is 2.28. The number of hydroxylamine groups is 1. The number of hydrogen-bond acceptors (Lipinski definition) is 4. The first kappa shape index (κ1) is 19.9. The van der Waals surface area contributed by atoms with Crippen molar-refractivity contribution in [2.24, 2.45) is 5.10 Å². The number of hydrogen-bond donors (Lipinski definition) is 0. The predicted molar refractivity (Wildman–Crippen MR) is 102 cm³/mol. The SMILES string of the molecule is O=C1C=C(OCc2ccc(F)cc2F)C(Br)=N[N+]1([O-])c1cc(Cl)cc(Cl)c1. The van der Waals surface area contributed by atoms with E-state index in [2.05, 4.69) is 21.0 Å². The fraction of sp³-hybridized carbons (Fsp3) is 0.0588. The summed E-state index contributed by atoms with van der Waals surface area (Å²) in [6.07, 6.45) is 0.931. The summed E-state index contributed by atoms with van der Waals surface area (Å²) in [6.45, 7) is -0.294. The van der Waals surface area contributed by atoms with E-state index in [-0.39, 0.29) is 38.3 Å². The van der Waals surface area contributed by atoms with Gasteiger partial charge < -0.3 is 9.94 Å². The molecule has 2 aromatic carbocycles. The second-order valence-electron chi connectivity index (χ2n) is 5.47. The first-order valence-corrected chi connectivity index (χ1v) is 8.90. The van der Waals surface area contributed by atoms with Crippen LogP contribution in [0.25, 0.3) is 0 Å². The number of ether oxygens (including phenoxy) is 1. The fourth-order valence-corrected chi connectivity index (χ4v) is 3.24. The van der Waals surface area contributed by atoms with Gasteiger partial charge in [0.15, 0.2) is 11.4 Å². The molecule has 5 nitrogen and oxygen atoms in total. The maximum absolute atomic E-state index is 13.7. The molecule has 2 aromatic rings. The minimum Gasteiger partial charge on any atom is -0.592 e. The summed E-state index contributed by atoms with van der Waals surface area (Å²) in [5.41, 5.74) is -0.0190. The Balaban J connectivity index is 1.84. The van der Waals surface area contributed by atoms with Crippen LogP contribution >= 0.6 is 39.1 Å². The number of quaternary nitrogens is 1. The highest BCUT2D eigenvalue weighted by Crippen LogP contribution is 2.33. The van der Waals surface area contributed by atoms with Crippen molar-refractivity contribution < 1.29 is 18.3 Å². The molecule has 0 aromatic heterocycles. The third-order valence-electron chi connectivity index (χ3n) is 3.58. The smallest absolute Gasteiger partial charge is 0.374 e. The Morgan fingerprint density at radius 1 is 1.15 bits per heavy atom. The van der Waals surface area contributed by atoms with E-state index in [9.17, 15) is 18.8 Å². The maximum Gasteiger partial charge on any atom is 0.374 e. The van der Waals surface area contributed by atoms with Gasteiger partial charge in [-0.15, -0.1) is 4.76 Å². The zero-order valence-corrected chi connectivity index (χ0v) is 16.4. The Bertz CT molecular complexity index is 980. The first-order valence-electron chi connectivity index (χ1n) is 7.35. The molecule has 1 heterocycles. The molecule has 0 N–H and O–H groups in total. The van der Waals surface area contributed by atoms with Crippen molar-refractivity contribution in [3.63, 3.8) is 0 Å². The molecule has 3 rings (SSSR count). The molecule has 1 unspecified atom stereocenters. The second-order valence-corrected chi connectivity index (χ2v) is 7.09. The Morgan fingerprint density at radius 3 is 2.44 bits per heavy atom. The van der Waals surface area contributed by atoms with Crippen LogP contribution in [0.2, 0.25) is 10.0 Å². The highest BCUT2D eigenvalue weighted by atomic mass is 79.9. The van der Waals surface area contributed by atoms with Gasteiger partial charge in [-0.25, -0.2) is 13.6 Å². The summed E-state index contributed by atoms with van der Waals surface area (Å²) in [5, 5.41) is 17.1. The molecule has 10 heteroatoms. The molecule has 1 atom stereocenters. The third-order valence-corrected chi connectivity index (χ3v) is 4.57. The van der Waals surface area contributed by atoms with E-state index in [1.54, 1.807) is 0 Å². The van der Waals surface area contributed by atoms with E-state index < -0.39 is 22.3 Å². The second kappa shape index (κ2) is 7.65. The quantitative estimate of drug-likeness (QED) is 0.436. The lowest BCUT2D eigenvalue weighted by Gasteiger charge is -2.33. The van der Waals surface area contributed by atoms with Crippen LogP contribution < -0.4 is 4.76 Å². The van der Waals surface area contributed by atoms with Crippen LogP contribution in [0.4, 0.5) is 14.5 Å². The molecule has 0 saturated carbocycles. The van der Waals surface area contributed by atoms with Gasteiger partial charge in [0, 0.05) is 33.8 Å². The highest BCUT2D eigenvalue weighted by molar-refractivity contribution is 9.18. The van der Waals surface area contributed by atoms with E-state index >= 15 is 0 Å². The van der Waals surface area contributed by atoms with Gasteiger partial charge in [-0.05, 0) is 34.1 Å². The molecule has 1 aliphatic rings. The number of rotatable bonds is 4. The van der Waals surface area contributed by atoms with Gasteiger partial charge in [0.05, 0.1) is 6.08 Å². The molecule has 0 aliphatic carbocycles. The molecule has 1 amide bonds. The number of allylic oxidation sites excluding steroid dienone is 1. The molecule has 0 bridgehead atoms. The van der Waals surface area contributed by atoms with Crippen molar-refractivity contribution in [3.05, 3.63) is 80.7 Å². The lowest BCUT2D eigenvalue weighted by Crippen LogP contribution is -2.45. The van der Waals surface area contributed by atoms with Crippen LogP contribution in [0.15, 0.2) is 53.3 Å².